The maximum absolute atomic E-state index is 13.4. The predicted octanol–water partition coefficient (Wildman–Crippen LogP) is 1.57. The van der Waals surface area contributed by atoms with Crippen LogP contribution in [0.2, 0.25) is 5.02 Å². The van der Waals surface area contributed by atoms with Crippen molar-refractivity contribution in [3.8, 4) is 0 Å². The van der Waals surface area contributed by atoms with E-state index >= 15 is 0 Å². The van der Waals surface area contributed by atoms with Crippen molar-refractivity contribution in [2.24, 2.45) is 14.1 Å². The number of anilines is 3. The van der Waals surface area contributed by atoms with E-state index in [0.29, 0.717) is 29.3 Å². The summed E-state index contributed by atoms with van der Waals surface area (Å²) in [7, 11) is 3.71. The van der Waals surface area contributed by atoms with Crippen LogP contribution in [0.3, 0.4) is 0 Å². The average Bonchev–Trinajstić information content (AvgIpc) is 3.30. The number of piperazine rings is 1. The fourth-order valence-electron chi connectivity index (χ4n) is 5.05. The van der Waals surface area contributed by atoms with Gasteiger partial charge in [0, 0.05) is 63.8 Å². The van der Waals surface area contributed by atoms with Gasteiger partial charge in [0.1, 0.15) is 5.69 Å². The summed E-state index contributed by atoms with van der Waals surface area (Å²) in [6.07, 6.45) is 3.82. The molecular weight excluding hydrogens is 390 g/mol. The number of benzene rings is 1. The molecule has 0 amide bonds. The maximum Gasteiger partial charge on any atom is 0.278 e. The van der Waals surface area contributed by atoms with E-state index in [1.807, 2.05) is 37.3 Å². The van der Waals surface area contributed by atoms with Gasteiger partial charge in [0.05, 0.1) is 21.9 Å². The Bertz CT molecular complexity index is 1200. The van der Waals surface area contributed by atoms with Gasteiger partial charge in [-0.25, -0.2) is 4.98 Å². The molecule has 150 valence electrons. The van der Waals surface area contributed by atoms with Crippen molar-refractivity contribution in [1.82, 2.24) is 24.6 Å². The second-order valence-electron chi connectivity index (χ2n) is 8.22. The topological polar surface area (TPSA) is 71.2 Å². The van der Waals surface area contributed by atoms with Crippen LogP contribution < -0.4 is 20.7 Å². The van der Waals surface area contributed by atoms with Gasteiger partial charge < -0.3 is 15.1 Å². The highest BCUT2D eigenvalue weighted by atomic mass is 35.5. The quantitative estimate of drug-likeness (QED) is 0.690. The third-order valence-corrected chi connectivity index (χ3v) is 6.89. The molecule has 1 N–H and O–H groups in total. The molecule has 5 heterocycles. The molecular formula is C20H22ClN7O. The molecule has 1 aromatic carbocycles. The Kier molecular flexibility index (Phi) is 3.56. The van der Waals surface area contributed by atoms with Gasteiger partial charge in [-0.15, -0.1) is 0 Å². The molecule has 3 aliphatic rings. The second kappa shape index (κ2) is 5.96. The Morgan fingerprint density at radius 3 is 2.76 bits per heavy atom. The Balaban J connectivity index is 1.46. The molecule has 0 saturated carbocycles. The summed E-state index contributed by atoms with van der Waals surface area (Å²) in [5.74, 6) is 0.798. The summed E-state index contributed by atoms with van der Waals surface area (Å²) < 4.78 is 3.46. The molecule has 6 rings (SSSR count). The highest BCUT2D eigenvalue weighted by molar-refractivity contribution is 6.38. The first-order chi connectivity index (χ1) is 14.0. The largest absolute Gasteiger partial charge is 0.334 e. The van der Waals surface area contributed by atoms with Gasteiger partial charge in [0.15, 0.2) is 0 Å². The second-order valence-corrected chi connectivity index (χ2v) is 8.59. The number of nitrogens with zero attached hydrogens (tertiary/aromatic N) is 6. The third kappa shape index (κ3) is 2.33. The molecule has 2 fully saturated rings. The molecule has 0 radical (unpaired) electrons. The van der Waals surface area contributed by atoms with E-state index in [2.05, 4.69) is 15.3 Å². The van der Waals surface area contributed by atoms with Crippen molar-refractivity contribution < 1.29 is 0 Å². The number of halogens is 1. The number of piperidine rings is 1. The summed E-state index contributed by atoms with van der Waals surface area (Å²) in [5, 5.41) is 9.37. The molecule has 29 heavy (non-hydrogen) atoms. The van der Waals surface area contributed by atoms with E-state index in [-0.39, 0.29) is 5.56 Å². The van der Waals surface area contributed by atoms with E-state index in [1.54, 1.807) is 9.25 Å². The van der Waals surface area contributed by atoms with E-state index in [4.69, 9.17) is 16.6 Å². The number of aryl methyl sites for hydroxylation is 1. The van der Waals surface area contributed by atoms with Crippen LogP contribution in [0.4, 0.5) is 17.3 Å². The van der Waals surface area contributed by atoms with Gasteiger partial charge in [0.2, 0.25) is 5.95 Å². The van der Waals surface area contributed by atoms with Gasteiger partial charge in [0.25, 0.3) is 5.56 Å². The lowest BCUT2D eigenvalue weighted by atomic mass is 9.89. The van der Waals surface area contributed by atoms with Crippen LogP contribution in [-0.4, -0.2) is 51.0 Å². The van der Waals surface area contributed by atoms with Crippen LogP contribution >= 0.6 is 11.6 Å². The third-order valence-electron chi connectivity index (χ3n) is 6.49. The summed E-state index contributed by atoms with van der Waals surface area (Å²) in [5.41, 5.74) is 3.18. The van der Waals surface area contributed by atoms with Crippen LogP contribution in [0.25, 0.3) is 10.9 Å². The summed E-state index contributed by atoms with van der Waals surface area (Å²) in [6, 6.07) is 4.77. The van der Waals surface area contributed by atoms with Crippen LogP contribution in [0.1, 0.15) is 12.1 Å². The first-order valence-corrected chi connectivity index (χ1v) is 10.4. The van der Waals surface area contributed by atoms with Crippen LogP contribution in [0.15, 0.2) is 23.1 Å². The fraction of sp³-hybridized carbons (Fsp3) is 0.450. The molecule has 2 atom stereocenters. The average molecular weight is 412 g/mol. The van der Waals surface area contributed by atoms with Crippen molar-refractivity contribution in [3.05, 3.63) is 39.4 Å². The van der Waals surface area contributed by atoms with Gasteiger partial charge in [-0.2, -0.15) is 5.10 Å². The number of rotatable bonds is 2. The lowest BCUT2D eigenvalue weighted by Gasteiger charge is -2.53. The number of aromatic nitrogens is 4. The van der Waals surface area contributed by atoms with Crippen molar-refractivity contribution in [2.45, 2.75) is 24.9 Å². The fourth-order valence-corrected chi connectivity index (χ4v) is 5.36. The standard InChI is InChI=1S/C20H22ClN7O/c1-25-10-13-14(24-25)3-4-16(17(13)21)27-6-5-15-18(27)19(29)26(2)20(23-15)28-11-7-12(28)9-22-8-11/h3-4,10-12,22H,5-9H2,1-2H3. The maximum atomic E-state index is 13.4. The first kappa shape index (κ1) is 17.3. The Labute approximate surface area is 172 Å². The molecule has 0 aliphatic carbocycles. The molecule has 3 aliphatic heterocycles. The SMILES string of the molecule is Cn1cc2c(Cl)c(N3CCc4nc(N5C6CNCC5C6)n(C)c(=O)c43)ccc2n1. The zero-order valence-electron chi connectivity index (χ0n) is 16.4. The molecule has 8 nitrogen and oxygen atoms in total. The van der Waals surface area contributed by atoms with Gasteiger partial charge in [-0.3, -0.25) is 14.0 Å². The van der Waals surface area contributed by atoms with Gasteiger partial charge >= 0.3 is 0 Å². The van der Waals surface area contributed by atoms with E-state index in [1.165, 1.54) is 6.42 Å². The van der Waals surface area contributed by atoms with Gasteiger partial charge in [-0.1, -0.05) is 11.6 Å². The lowest BCUT2D eigenvalue weighted by molar-refractivity contribution is 0.255. The van der Waals surface area contributed by atoms with Crippen LogP contribution in [0, 0.1) is 0 Å². The minimum atomic E-state index is -0.0113. The minimum absolute atomic E-state index is 0.0113. The van der Waals surface area contributed by atoms with Crippen molar-refractivity contribution in [1.29, 1.82) is 0 Å². The minimum Gasteiger partial charge on any atom is -0.334 e. The van der Waals surface area contributed by atoms with Crippen molar-refractivity contribution in [2.75, 3.05) is 29.4 Å². The molecule has 9 heteroatoms. The number of hydrogen-bond donors (Lipinski definition) is 1. The Morgan fingerprint density at radius 1 is 1.21 bits per heavy atom. The van der Waals surface area contributed by atoms with E-state index in [9.17, 15) is 4.79 Å². The van der Waals surface area contributed by atoms with Crippen molar-refractivity contribution >= 4 is 39.8 Å². The monoisotopic (exact) mass is 411 g/mol. The van der Waals surface area contributed by atoms with Crippen molar-refractivity contribution in [3.63, 3.8) is 0 Å². The predicted molar refractivity (Wildman–Crippen MR) is 113 cm³/mol. The normalized spacial score (nSPS) is 22.9. The zero-order valence-corrected chi connectivity index (χ0v) is 17.1. The summed E-state index contributed by atoms with van der Waals surface area (Å²) in [6.45, 7) is 2.60. The highest BCUT2D eigenvalue weighted by Gasteiger charge is 2.44. The Hall–Kier alpha value is -2.58. The van der Waals surface area contributed by atoms with Crippen LogP contribution in [-0.2, 0) is 20.5 Å². The molecule has 2 aromatic heterocycles. The van der Waals surface area contributed by atoms with Gasteiger partial charge in [-0.05, 0) is 18.6 Å². The first-order valence-electron chi connectivity index (χ1n) is 10.0. The van der Waals surface area contributed by atoms with E-state index < -0.39 is 0 Å². The molecule has 2 unspecified atom stereocenters. The molecule has 2 bridgehead atoms. The Morgan fingerprint density at radius 2 is 2.00 bits per heavy atom. The summed E-state index contributed by atoms with van der Waals surface area (Å²) in [4.78, 5) is 22.7. The smallest absolute Gasteiger partial charge is 0.278 e. The van der Waals surface area contributed by atoms with E-state index in [0.717, 1.165) is 47.7 Å². The number of fused-ring (bicyclic) bond motifs is 4. The lowest BCUT2D eigenvalue weighted by Crippen LogP contribution is -2.69. The highest BCUT2D eigenvalue weighted by Crippen LogP contribution is 2.40. The van der Waals surface area contributed by atoms with Crippen LogP contribution in [0.5, 0.6) is 0 Å². The number of nitrogens with one attached hydrogen (secondary N) is 1. The zero-order chi connectivity index (χ0) is 19.9. The number of hydrogen-bond acceptors (Lipinski definition) is 6. The molecule has 0 spiro atoms. The molecule has 3 aromatic rings. The summed E-state index contributed by atoms with van der Waals surface area (Å²) >= 11 is 6.73. The molecule has 2 saturated heterocycles.